The molecule has 3 heterocycles. The van der Waals surface area contributed by atoms with E-state index >= 15 is 0 Å². The molecule has 40 heavy (non-hydrogen) atoms. The Morgan fingerprint density at radius 1 is 0.950 bits per heavy atom. The van der Waals surface area contributed by atoms with Gasteiger partial charge in [0, 0.05) is 28.7 Å². The molecule has 0 aliphatic carbocycles. The predicted molar refractivity (Wildman–Crippen MR) is 157 cm³/mol. The summed E-state index contributed by atoms with van der Waals surface area (Å²) in [6, 6.07) is 24.8. The van der Waals surface area contributed by atoms with Crippen molar-refractivity contribution in [1.82, 2.24) is 9.58 Å². The number of thioether (sulfide) groups is 1. The Hall–Kier alpha value is -4.83. The quantitative estimate of drug-likeness (QED) is 0.279. The second-order valence-electron chi connectivity index (χ2n) is 8.94. The molecule has 0 fully saturated rings. The van der Waals surface area contributed by atoms with Crippen molar-refractivity contribution in [3.05, 3.63) is 96.2 Å². The van der Waals surface area contributed by atoms with Crippen LogP contribution in [0.4, 0.5) is 0 Å². The molecule has 9 nitrogen and oxygen atoms in total. The number of para-hydroxylation sites is 2. The third-order valence-electron chi connectivity index (χ3n) is 6.36. The summed E-state index contributed by atoms with van der Waals surface area (Å²) in [5, 5.41) is 16.6. The summed E-state index contributed by atoms with van der Waals surface area (Å²) in [5.41, 5.74) is 1.98. The van der Waals surface area contributed by atoms with E-state index in [1.807, 2.05) is 85.1 Å². The van der Waals surface area contributed by atoms with Crippen LogP contribution in [-0.2, 0) is 11.3 Å². The molecule has 0 saturated carbocycles. The van der Waals surface area contributed by atoms with Gasteiger partial charge in [-0.15, -0.1) is 0 Å². The number of carbonyl (C=O) groups is 1. The number of hydrogen-bond acceptors (Lipinski definition) is 7. The van der Waals surface area contributed by atoms with Crippen LogP contribution in [0.3, 0.4) is 0 Å². The number of aliphatic imine (C=N–C) groups is 1. The van der Waals surface area contributed by atoms with E-state index in [9.17, 15) is 4.79 Å². The number of nitrogens with one attached hydrogen (secondary N) is 1. The van der Waals surface area contributed by atoms with Crippen LogP contribution < -0.4 is 14.2 Å². The van der Waals surface area contributed by atoms with E-state index in [1.54, 1.807) is 13.2 Å². The maximum atomic E-state index is 13.0. The zero-order valence-corrected chi connectivity index (χ0v) is 22.4. The van der Waals surface area contributed by atoms with Crippen molar-refractivity contribution >= 4 is 50.7 Å². The lowest BCUT2D eigenvalue weighted by atomic mass is 10.1. The van der Waals surface area contributed by atoms with Crippen molar-refractivity contribution in [2.75, 3.05) is 20.3 Å². The second-order valence-corrected chi connectivity index (χ2v) is 9.98. The Labute approximate surface area is 234 Å². The molecule has 10 heteroatoms. The standard InChI is InChI=1S/C30H25N5O4S/c1-37-22-10-7-11-23(17-22)38-15-14-34-18-20(24-12-5-6-13-26(24)34)16-25-28(31)35-30(32-29(25)36)40-27(33-35)19-39-21-8-3-2-4-9-21/h2-13,16-18,31H,14-15,19H2,1H3. The fourth-order valence-electron chi connectivity index (χ4n) is 4.44. The molecule has 2 aliphatic rings. The van der Waals surface area contributed by atoms with Gasteiger partial charge in [-0.2, -0.15) is 15.1 Å². The third kappa shape index (κ3) is 5.21. The highest BCUT2D eigenvalue weighted by atomic mass is 32.2. The van der Waals surface area contributed by atoms with Crippen molar-refractivity contribution in [1.29, 1.82) is 5.41 Å². The van der Waals surface area contributed by atoms with Gasteiger partial charge in [0.1, 0.15) is 35.5 Å². The Morgan fingerprint density at radius 2 is 1.73 bits per heavy atom. The Bertz CT molecular complexity index is 1690. The number of amides is 1. The molecule has 4 aromatic rings. The number of fused-ring (bicyclic) bond motifs is 2. The van der Waals surface area contributed by atoms with E-state index in [4.69, 9.17) is 19.6 Å². The minimum absolute atomic E-state index is 0.0181. The van der Waals surface area contributed by atoms with Crippen molar-refractivity contribution in [3.63, 3.8) is 0 Å². The maximum Gasteiger partial charge on any atom is 0.283 e. The molecule has 2 aliphatic heterocycles. The molecule has 0 bridgehead atoms. The van der Waals surface area contributed by atoms with Crippen molar-refractivity contribution in [2.45, 2.75) is 6.54 Å². The molecular weight excluding hydrogens is 526 g/mol. The number of carbonyl (C=O) groups excluding carboxylic acids is 1. The summed E-state index contributed by atoms with van der Waals surface area (Å²) in [6.45, 7) is 1.25. The van der Waals surface area contributed by atoms with Crippen LogP contribution in [0.2, 0.25) is 0 Å². The highest BCUT2D eigenvalue weighted by Gasteiger charge is 2.36. The first-order valence-corrected chi connectivity index (χ1v) is 13.4. The van der Waals surface area contributed by atoms with E-state index in [2.05, 4.69) is 14.7 Å². The van der Waals surface area contributed by atoms with Gasteiger partial charge in [-0.3, -0.25) is 10.2 Å². The van der Waals surface area contributed by atoms with Gasteiger partial charge in [0.05, 0.1) is 19.2 Å². The van der Waals surface area contributed by atoms with Crippen LogP contribution in [0.25, 0.3) is 17.0 Å². The van der Waals surface area contributed by atoms with E-state index < -0.39 is 5.91 Å². The van der Waals surface area contributed by atoms with E-state index in [0.717, 1.165) is 33.7 Å². The molecule has 0 saturated heterocycles. The van der Waals surface area contributed by atoms with Crippen LogP contribution in [0, 0.1) is 5.41 Å². The number of hydrazone groups is 1. The van der Waals surface area contributed by atoms with Crippen LogP contribution in [0.1, 0.15) is 5.56 Å². The van der Waals surface area contributed by atoms with E-state index in [0.29, 0.717) is 23.4 Å². The molecule has 6 rings (SSSR count). The first kappa shape index (κ1) is 25.4. The van der Waals surface area contributed by atoms with Crippen LogP contribution >= 0.6 is 11.8 Å². The fraction of sp³-hybridized carbons (Fsp3) is 0.133. The lowest BCUT2D eigenvalue weighted by molar-refractivity contribution is -0.114. The summed E-state index contributed by atoms with van der Waals surface area (Å²) < 4.78 is 19.1. The second kappa shape index (κ2) is 11.1. The summed E-state index contributed by atoms with van der Waals surface area (Å²) in [7, 11) is 1.62. The zero-order chi connectivity index (χ0) is 27.5. The lowest BCUT2D eigenvalue weighted by Crippen LogP contribution is -2.35. The lowest BCUT2D eigenvalue weighted by Gasteiger charge is -2.20. The van der Waals surface area contributed by atoms with Crippen LogP contribution in [0.5, 0.6) is 17.2 Å². The molecule has 1 aromatic heterocycles. The summed E-state index contributed by atoms with van der Waals surface area (Å²) in [4.78, 5) is 17.2. The van der Waals surface area contributed by atoms with Crippen molar-refractivity contribution in [3.8, 4) is 17.2 Å². The Morgan fingerprint density at radius 3 is 2.58 bits per heavy atom. The number of rotatable bonds is 9. The number of nitrogens with zero attached hydrogens (tertiary/aromatic N) is 4. The SMILES string of the molecule is COc1cccc(OCCn2cc(C=C3C(=N)N4N=C(COc5ccccc5)SC4=NC3=O)c3ccccc32)c1. The average molecular weight is 552 g/mol. The molecule has 3 aromatic carbocycles. The molecule has 0 radical (unpaired) electrons. The number of methoxy groups -OCH3 is 1. The van der Waals surface area contributed by atoms with Gasteiger partial charge >= 0.3 is 0 Å². The molecular formula is C30H25N5O4S. The van der Waals surface area contributed by atoms with Gasteiger partial charge in [-0.05, 0) is 48.2 Å². The minimum atomic E-state index is -0.470. The molecule has 0 atom stereocenters. The molecule has 1 N–H and O–H groups in total. The largest absolute Gasteiger partial charge is 0.497 e. The number of hydrogen-bond donors (Lipinski definition) is 1. The summed E-state index contributed by atoms with van der Waals surface area (Å²) in [6.07, 6.45) is 3.68. The zero-order valence-electron chi connectivity index (χ0n) is 21.6. The Kier molecular flexibility index (Phi) is 7.07. The fourth-order valence-corrected chi connectivity index (χ4v) is 5.23. The highest BCUT2D eigenvalue weighted by molar-refractivity contribution is 8.27. The van der Waals surface area contributed by atoms with E-state index in [-0.39, 0.29) is 18.0 Å². The highest BCUT2D eigenvalue weighted by Crippen LogP contribution is 2.30. The first-order chi connectivity index (χ1) is 19.6. The normalized spacial score (nSPS) is 15.7. The smallest absolute Gasteiger partial charge is 0.283 e. The van der Waals surface area contributed by atoms with E-state index in [1.165, 1.54) is 16.8 Å². The van der Waals surface area contributed by atoms with Gasteiger partial charge in [-0.1, -0.05) is 42.5 Å². The third-order valence-corrected chi connectivity index (χ3v) is 7.25. The van der Waals surface area contributed by atoms with Gasteiger partial charge in [0.25, 0.3) is 5.91 Å². The first-order valence-electron chi connectivity index (χ1n) is 12.6. The van der Waals surface area contributed by atoms with Gasteiger partial charge < -0.3 is 18.8 Å². The predicted octanol–water partition coefficient (Wildman–Crippen LogP) is 5.43. The van der Waals surface area contributed by atoms with Crippen molar-refractivity contribution in [2.24, 2.45) is 10.1 Å². The van der Waals surface area contributed by atoms with Gasteiger partial charge in [0.2, 0.25) is 5.17 Å². The van der Waals surface area contributed by atoms with Crippen LogP contribution in [0.15, 0.2) is 101 Å². The summed E-state index contributed by atoms with van der Waals surface area (Å²) >= 11 is 1.23. The topological polar surface area (TPSA) is 102 Å². The number of amidine groups is 2. The number of aromatic nitrogens is 1. The Balaban J connectivity index is 1.21. The monoisotopic (exact) mass is 551 g/mol. The van der Waals surface area contributed by atoms with Gasteiger partial charge in [-0.25, -0.2) is 0 Å². The molecule has 1 amide bonds. The molecule has 200 valence electrons. The summed E-state index contributed by atoms with van der Waals surface area (Å²) in [5.74, 6) is 1.69. The molecule has 0 spiro atoms. The van der Waals surface area contributed by atoms with Crippen LogP contribution in [-0.4, -0.2) is 51.9 Å². The average Bonchev–Trinajstić information content (AvgIpc) is 3.56. The van der Waals surface area contributed by atoms with Gasteiger partial charge in [0.15, 0.2) is 5.84 Å². The number of benzene rings is 3. The number of ether oxygens (including phenoxy) is 3. The minimum Gasteiger partial charge on any atom is -0.497 e. The maximum absolute atomic E-state index is 13.0. The molecule has 0 unspecified atom stereocenters. The van der Waals surface area contributed by atoms with Crippen molar-refractivity contribution < 1.29 is 19.0 Å².